The Balaban J connectivity index is 1.98. The average Bonchev–Trinajstić information content (AvgIpc) is 2.59. The maximum absolute atomic E-state index is 8.89. The lowest BCUT2D eigenvalue weighted by molar-refractivity contribution is 0.420. The molecule has 3 rings (SSSR count). The molecule has 0 saturated heterocycles. The fourth-order valence-corrected chi connectivity index (χ4v) is 2.18. The standard InChI is InChI=1S/C19H12N2O/c1-22-19-7-3-6-18-17(19)11-10-16(21-18)9-8-14-4-2-5-15(12-14)13-20/h2-7,10-12H,1H3. The van der Waals surface area contributed by atoms with Crippen molar-refractivity contribution in [1.82, 2.24) is 4.98 Å². The van der Waals surface area contributed by atoms with Gasteiger partial charge < -0.3 is 4.74 Å². The third-order valence-corrected chi connectivity index (χ3v) is 3.24. The van der Waals surface area contributed by atoms with Crippen molar-refractivity contribution >= 4 is 10.9 Å². The van der Waals surface area contributed by atoms with Crippen LogP contribution in [0.2, 0.25) is 0 Å². The molecule has 0 atom stereocenters. The SMILES string of the molecule is COc1cccc2nc(C#Cc3cccc(C#N)c3)ccc12. The maximum Gasteiger partial charge on any atom is 0.128 e. The van der Waals surface area contributed by atoms with Crippen LogP contribution in [0.4, 0.5) is 0 Å². The summed E-state index contributed by atoms with van der Waals surface area (Å²) in [5.74, 6) is 6.86. The summed E-state index contributed by atoms with van der Waals surface area (Å²) >= 11 is 0. The van der Waals surface area contributed by atoms with Crippen LogP contribution >= 0.6 is 0 Å². The van der Waals surface area contributed by atoms with Gasteiger partial charge in [0.05, 0.1) is 24.3 Å². The quantitative estimate of drug-likeness (QED) is 0.642. The van der Waals surface area contributed by atoms with Gasteiger partial charge in [-0.25, -0.2) is 4.98 Å². The normalized spacial score (nSPS) is 9.64. The van der Waals surface area contributed by atoms with E-state index in [2.05, 4.69) is 22.9 Å². The van der Waals surface area contributed by atoms with Gasteiger partial charge in [-0.2, -0.15) is 5.26 Å². The van der Waals surface area contributed by atoms with Crippen LogP contribution in [0.5, 0.6) is 5.75 Å². The molecule has 104 valence electrons. The Morgan fingerprint density at radius 1 is 0.955 bits per heavy atom. The highest BCUT2D eigenvalue weighted by atomic mass is 16.5. The molecule has 0 radical (unpaired) electrons. The summed E-state index contributed by atoms with van der Waals surface area (Å²) in [6.45, 7) is 0. The first-order valence-corrected chi connectivity index (χ1v) is 6.76. The summed E-state index contributed by atoms with van der Waals surface area (Å²) in [7, 11) is 1.64. The Kier molecular flexibility index (Phi) is 3.72. The van der Waals surface area contributed by atoms with Gasteiger partial charge in [0.2, 0.25) is 0 Å². The van der Waals surface area contributed by atoms with Crippen LogP contribution in [-0.4, -0.2) is 12.1 Å². The molecule has 0 saturated carbocycles. The number of hydrogen-bond donors (Lipinski definition) is 0. The van der Waals surface area contributed by atoms with Gasteiger partial charge in [-0.15, -0.1) is 0 Å². The molecule has 0 amide bonds. The number of fused-ring (bicyclic) bond motifs is 1. The third kappa shape index (κ3) is 2.75. The van der Waals surface area contributed by atoms with Gasteiger partial charge in [0.1, 0.15) is 11.4 Å². The Bertz CT molecular complexity index is 943. The molecule has 3 aromatic rings. The van der Waals surface area contributed by atoms with Crippen LogP contribution < -0.4 is 4.74 Å². The number of ether oxygens (including phenoxy) is 1. The molecule has 2 aromatic carbocycles. The van der Waals surface area contributed by atoms with Crippen molar-refractivity contribution in [3.05, 3.63) is 71.4 Å². The summed E-state index contributed by atoms with van der Waals surface area (Å²) < 4.78 is 5.32. The molecule has 0 unspecified atom stereocenters. The van der Waals surface area contributed by atoms with E-state index in [1.54, 1.807) is 19.2 Å². The van der Waals surface area contributed by atoms with Gasteiger partial charge in [0, 0.05) is 10.9 Å². The highest BCUT2D eigenvalue weighted by Gasteiger charge is 2.02. The van der Waals surface area contributed by atoms with Crippen LogP contribution in [-0.2, 0) is 0 Å². The molecule has 0 aliphatic heterocycles. The second kappa shape index (κ2) is 5.99. The van der Waals surface area contributed by atoms with Gasteiger partial charge in [-0.1, -0.05) is 18.1 Å². The number of nitrogens with zero attached hydrogens (tertiary/aromatic N) is 2. The Labute approximate surface area is 128 Å². The largest absolute Gasteiger partial charge is 0.496 e. The second-order valence-corrected chi connectivity index (χ2v) is 4.67. The van der Waals surface area contributed by atoms with Crippen molar-refractivity contribution in [1.29, 1.82) is 5.26 Å². The molecule has 1 heterocycles. The van der Waals surface area contributed by atoms with E-state index in [1.165, 1.54) is 0 Å². The van der Waals surface area contributed by atoms with Gasteiger partial charge in [0.25, 0.3) is 0 Å². The van der Waals surface area contributed by atoms with Crippen molar-refractivity contribution in [3.63, 3.8) is 0 Å². The lowest BCUT2D eigenvalue weighted by atomic mass is 10.1. The number of aromatic nitrogens is 1. The number of benzene rings is 2. The molecule has 0 bridgehead atoms. The van der Waals surface area contributed by atoms with Gasteiger partial charge in [0.15, 0.2) is 0 Å². The van der Waals surface area contributed by atoms with Crippen molar-refractivity contribution in [2.75, 3.05) is 7.11 Å². The molecule has 0 aliphatic carbocycles. The number of rotatable bonds is 1. The number of pyridine rings is 1. The minimum Gasteiger partial charge on any atom is -0.496 e. The van der Waals surface area contributed by atoms with Crippen molar-refractivity contribution in [2.45, 2.75) is 0 Å². The summed E-state index contributed by atoms with van der Waals surface area (Å²) in [6, 6.07) is 18.9. The summed E-state index contributed by atoms with van der Waals surface area (Å²) in [6.07, 6.45) is 0. The Morgan fingerprint density at radius 2 is 1.77 bits per heavy atom. The summed E-state index contributed by atoms with van der Waals surface area (Å²) in [4.78, 5) is 4.52. The molecule has 0 spiro atoms. The predicted octanol–water partition coefficient (Wildman–Crippen LogP) is 3.51. The van der Waals surface area contributed by atoms with Gasteiger partial charge >= 0.3 is 0 Å². The highest BCUT2D eigenvalue weighted by molar-refractivity contribution is 5.85. The Morgan fingerprint density at radius 3 is 2.59 bits per heavy atom. The van der Waals surface area contributed by atoms with Crippen molar-refractivity contribution in [3.8, 4) is 23.7 Å². The fourth-order valence-electron chi connectivity index (χ4n) is 2.18. The first-order valence-electron chi connectivity index (χ1n) is 6.76. The second-order valence-electron chi connectivity index (χ2n) is 4.67. The maximum atomic E-state index is 8.89. The number of nitriles is 1. The summed E-state index contributed by atoms with van der Waals surface area (Å²) in [5, 5.41) is 9.85. The van der Waals surface area contributed by atoms with Crippen LogP contribution in [0.15, 0.2) is 54.6 Å². The van der Waals surface area contributed by atoms with Crippen molar-refractivity contribution < 1.29 is 4.74 Å². The third-order valence-electron chi connectivity index (χ3n) is 3.24. The van der Waals surface area contributed by atoms with E-state index in [0.29, 0.717) is 11.3 Å². The van der Waals surface area contributed by atoms with E-state index >= 15 is 0 Å². The molecule has 0 aliphatic rings. The fraction of sp³-hybridized carbons (Fsp3) is 0.0526. The molecule has 0 N–H and O–H groups in total. The van der Waals surface area contributed by atoms with E-state index in [0.717, 1.165) is 22.2 Å². The van der Waals surface area contributed by atoms with Crippen LogP contribution in [0.3, 0.4) is 0 Å². The Hall–Kier alpha value is -3.30. The zero-order valence-corrected chi connectivity index (χ0v) is 12.0. The molecule has 22 heavy (non-hydrogen) atoms. The minimum atomic E-state index is 0.600. The van der Waals surface area contributed by atoms with Crippen LogP contribution in [0.25, 0.3) is 10.9 Å². The monoisotopic (exact) mass is 284 g/mol. The topological polar surface area (TPSA) is 45.9 Å². The van der Waals surface area contributed by atoms with Gasteiger partial charge in [-0.05, 0) is 48.4 Å². The van der Waals surface area contributed by atoms with E-state index in [4.69, 9.17) is 10.00 Å². The van der Waals surface area contributed by atoms with Crippen LogP contribution in [0, 0.1) is 23.2 Å². The first kappa shape index (κ1) is 13.7. The number of hydrogen-bond acceptors (Lipinski definition) is 3. The highest BCUT2D eigenvalue weighted by Crippen LogP contribution is 2.23. The van der Waals surface area contributed by atoms with Crippen molar-refractivity contribution in [2.24, 2.45) is 0 Å². The lowest BCUT2D eigenvalue weighted by Crippen LogP contribution is -1.88. The lowest BCUT2D eigenvalue weighted by Gasteiger charge is -2.04. The molecular weight excluding hydrogens is 272 g/mol. The van der Waals surface area contributed by atoms with E-state index in [9.17, 15) is 0 Å². The predicted molar refractivity (Wildman–Crippen MR) is 85.4 cm³/mol. The minimum absolute atomic E-state index is 0.600. The molecule has 3 nitrogen and oxygen atoms in total. The van der Waals surface area contributed by atoms with E-state index in [1.807, 2.05) is 42.5 Å². The zero-order valence-electron chi connectivity index (χ0n) is 12.0. The molecular formula is C19H12N2O. The number of methoxy groups -OCH3 is 1. The molecule has 3 heteroatoms. The van der Waals surface area contributed by atoms with Crippen LogP contribution in [0.1, 0.15) is 16.8 Å². The first-order chi connectivity index (χ1) is 10.8. The summed E-state index contributed by atoms with van der Waals surface area (Å²) in [5.41, 5.74) is 2.93. The van der Waals surface area contributed by atoms with E-state index < -0.39 is 0 Å². The molecule has 1 aromatic heterocycles. The van der Waals surface area contributed by atoms with Gasteiger partial charge in [-0.3, -0.25) is 0 Å². The average molecular weight is 284 g/mol. The zero-order chi connectivity index (χ0) is 15.4. The van der Waals surface area contributed by atoms with E-state index in [-0.39, 0.29) is 0 Å². The molecule has 0 fully saturated rings. The smallest absolute Gasteiger partial charge is 0.128 e.